The Morgan fingerprint density at radius 2 is 1.95 bits per heavy atom. The van der Waals surface area contributed by atoms with Crippen molar-refractivity contribution in [2.75, 3.05) is 5.32 Å². The predicted octanol–water partition coefficient (Wildman–Crippen LogP) is 1.92. The van der Waals surface area contributed by atoms with Crippen LogP contribution in [0.1, 0.15) is 12.5 Å². The Hall–Kier alpha value is -2.32. The van der Waals surface area contributed by atoms with E-state index in [1.165, 1.54) is 23.8 Å². The Morgan fingerprint density at radius 3 is 2.40 bits per heavy atom. The SMILES string of the molecule is Cc1ccncc1NC(=O)NC(C)(C(=O)O)C(F)(F)F. The van der Waals surface area contributed by atoms with Gasteiger partial charge >= 0.3 is 18.2 Å². The fourth-order valence-corrected chi connectivity index (χ4v) is 1.22. The summed E-state index contributed by atoms with van der Waals surface area (Å²) in [7, 11) is 0. The highest BCUT2D eigenvalue weighted by atomic mass is 19.4. The van der Waals surface area contributed by atoms with E-state index in [2.05, 4.69) is 10.3 Å². The average molecular weight is 291 g/mol. The van der Waals surface area contributed by atoms with Crippen LogP contribution in [0.25, 0.3) is 0 Å². The summed E-state index contributed by atoms with van der Waals surface area (Å²) >= 11 is 0. The quantitative estimate of drug-likeness (QED) is 0.793. The van der Waals surface area contributed by atoms with Crippen LogP contribution < -0.4 is 10.6 Å². The first kappa shape index (κ1) is 15.7. The largest absolute Gasteiger partial charge is 0.479 e. The number of aliphatic carboxylic acids is 1. The second kappa shape index (κ2) is 5.35. The van der Waals surface area contributed by atoms with E-state index in [1.54, 1.807) is 6.92 Å². The molecule has 6 nitrogen and oxygen atoms in total. The number of carbonyl (C=O) groups is 2. The van der Waals surface area contributed by atoms with Gasteiger partial charge in [0.25, 0.3) is 0 Å². The molecule has 2 amide bonds. The number of carbonyl (C=O) groups excluding carboxylic acids is 1. The predicted molar refractivity (Wildman–Crippen MR) is 63.2 cm³/mol. The van der Waals surface area contributed by atoms with E-state index in [-0.39, 0.29) is 5.69 Å². The minimum absolute atomic E-state index is 0.180. The molecule has 110 valence electrons. The molecule has 1 aromatic rings. The molecular formula is C11H12F3N3O3. The standard InChI is InChI=1S/C11H12F3N3O3/c1-6-3-4-15-5-7(6)16-9(20)17-10(2,8(18)19)11(12,13)14/h3-5H,1-2H3,(H,18,19)(H2,16,17,20). The van der Waals surface area contributed by atoms with E-state index < -0.39 is 23.7 Å². The maximum Gasteiger partial charge on any atom is 0.422 e. The van der Waals surface area contributed by atoms with Crippen LogP contribution in [0.15, 0.2) is 18.5 Å². The molecular weight excluding hydrogens is 279 g/mol. The third-order valence-electron chi connectivity index (χ3n) is 2.65. The third-order valence-corrected chi connectivity index (χ3v) is 2.65. The van der Waals surface area contributed by atoms with Crippen molar-refractivity contribution >= 4 is 17.7 Å². The number of nitrogens with one attached hydrogen (secondary N) is 2. The molecule has 0 saturated carbocycles. The zero-order chi connectivity index (χ0) is 15.6. The zero-order valence-corrected chi connectivity index (χ0v) is 10.6. The van der Waals surface area contributed by atoms with Gasteiger partial charge in [-0.05, 0) is 25.5 Å². The molecule has 0 saturated heterocycles. The number of hydrogen-bond acceptors (Lipinski definition) is 3. The normalized spacial score (nSPS) is 14.2. The molecule has 1 rings (SSSR count). The molecule has 0 radical (unpaired) electrons. The van der Waals surface area contributed by atoms with E-state index in [1.807, 2.05) is 0 Å². The average Bonchev–Trinajstić information content (AvgIpc) is 2.30. The lowest BCUT2D eigenvalue weighted by atomic mass is 10.0. The lowest BCUT2D eigenvalue weighted by molar-refractivity contribution is -0.203. The van der Waals surface area contributed by atoms with Crippen molar-refractivity contribution in [2.24, 2.45) is 0 Å². The lowest BCUT2D eigenvalue weighted by Gasteiger charge is -2.28. The molecule has 0 aliphatic heterocycles. The molecule has 0 aromatic carbocycles. The number of rotatable bonds is 3. The highest BCUT2D eigenvalue weighted by Crippen LogP contribution is 2.30. The Balaban J connectivity index is 2.89. The van der Waals surface area contributed by atoms with Crippen LogP contribution in [0.4, 0.5) is 23.7 Å². The highest BCUT2D eigenvalue weighted by Gasteiger charge is 2.58. The summed E-state index contributed by atoms with van der Waals surface area (Å²) in [6.45, 7) is 1.97. The van der Waals surface area contributed by atoms with Crippen LogP contribution in [0.3, 0.4) is 0 Å². The van der Waals surface area contributed by atoms with Crippen molar-refractivity contribution in [3.8, 4) is 0 Å². The molecule has 0 fully saturated rings. The number of carboxylic acid groups (broad SMARTS) is 1. The molecule has 0 aliphatic rings. The summed E-state index contributed by atoms with van der Waals surface area (Å²) in [6, 6.07) is 0.249. The van der Waals surface area contributed by atoms with Crippen molar-refractivity contribution in [3.05, 3.63) is 24.0 Å². The smallest absolute Gasteiger partial charge is 0.422 e. The zero-order valence-electron chi connectivity index (χ0n) is 10.6. The number of alkyl halides is 3. The summed E-state index contributed by atoms with van der Waals surface area (Å²) < 4.78 is 38.1. The van der Waals surface area contributed by atoms with Crippen LogP contribution >= 0.6 is 0 Å². The number of anilines is 1. The van der Waals surface area contributed by atoms with Gasteiger partial charge in [-0.15, -0.1) is 0 Å². The maximum atomic E-state index is 12.7. The number of hydrogen-bond donors (Lipinski definition) is 3. The van der Waals surface area contributed by atoms with Crippen LogP contribution in [0.2, 0.25) is 0 Å². The van der Waals surface area contributed by atoms with E-state index in [0.29, 0.717) is 12.5 Å². The minimum atomic E-state index is -5.14. The first-order chi connectivity index (χ1) is 9.08. The van der Waals surface area contributed by atoms with Crippen molar-refractivity contribution in [2.45, 2.75) is 25.6 Å². The number of urea groups is 1. The molecule has 20 heavy (non-hydrogen) atoms. The van der Waals surface area contributed by atoms with Crippen LogP contribution in [-0.2, 0) is 4.79 Å². The van der Waals surface area contributed by atoms with Gasteiger partial charge in [0, 0.05) is 6.20 Å². The topological polar surface area (TPSA) is 91.3 Å². The van der Waals surface area contributed by atoms with Gasteiger partial charge in [0.1, 0.15) is 0 Å². The number of carboxylic acids is 1. The number of aryl methyl sites for hydroxylation is 1. The summed E-state index contributed by atoms with van der Waals surface area (Å²) in [5.41, 5.74) is -2.63. The van der Waals surface area contributed by atoms with Crippen LogP contribution in [0, 0.1) is 6.92 Å². The Morgan fingerprint density at radius 1 is 1.35 bits per heavy atom. The number of pyridine rings is 1. The van der Waals surface area contributed by atoms with Crippen molar-refractivity contribution in [1.29, 1.82) is 0 Å². The van der Waals surface area contributed by atoms with Gasteiger partial charge in [0.05, 0.1) is 11.9 Å². The van der Waals surface area contributed by atoms with Crippen molar-refractivity contribution < 1.29 is 27.9 Å². The Kier molecular flexibility index (Phi) is 4.21. The molecule has 9 heteroatoms. The first-order valence-corrected chi connectivity index (χ1v) is 5.38. The molecule has 0 aliphatic carbocycles. The molecule has 3 N–H and O–H groups in total. The first-order valence-electron chi connectivity index (χ1n) is 5.38. The van der Waals surface area contributed by atoms with Gasteiger partial charge in [-0.25, -0.2) is 9.59 Å². The number of aromatic nitrogens is 1. The minimum Gasteiger partial charge on any atom is -0.479 e. The van der Waals surface area contributed by atoms with Crippen LogP contribution in [0.5, 0.6) is 0 Å². The third kappa shape index (κ3) is 3.16. The van der Waals surface area contributed by atoms with Crippen LogP contribution in [-0.4, -0.2) is 33.8 Å². The molecule has 0 bridgehead atoms. The van der Waals surface area contributed by atoms with Crippen molar-refractivity contribution in [1.82, 2.24) is 10.3 Å². The Bertz CT molecular complexity index is 533. The second-order valence-electron chi connectivity index (χ2n) is 4.20. The number of amides is 2. The van der Waals surface area contributed by atoms with E-state index in [4.69, 9.17) is 5.11 Å². The molecule has 1 atom stereocenters. The van der Waals surface area contributed by atoms with E-state index >= 15 is 0 Å². The van der Waals surface area contributed by atoms with Gasteiger partial charge in [-0.1, -0.05) is 0 Å². The summed E-state index contributed by atoms with van der Waals surface area (Å²) in [5.74, 6) is -2.21. The van der Waals surface area contributed by atoms with Gasteiger partial charge in [-0.3, -0.25) is 4.98 Å². The molecule has 1 aromatic heterocycles. The molecule has 1 heterocycles. The molecule has 1 unspecified atom stereocenters. The van der Waals surface area contributed by atoms with E-state index in [0.717, 1.165) is 0 Å². The maximum absolute atomic E-state index is 12.7. The summed E-state index contributed by atoms with van der Waals surface area (Å²) in [6.07, 6.45) is -2.46. The van der Waals surface area contributed by atoms with E-state index in [9.17, 15) is 22.8 Å². The fraction of sp³-hybridized carbons (Fsp3) is 0.364. The van der Waals surface area contributed by atoms with Gasteiger partial charge in [0.2, 0.25) is 5.54 Å². The van der Waals surface area contributed by atoms with Gasteiger partial charge in [-0.2, -0.15) is 13.2 Å². The highest BCUT2D eigenvalue weighted by molar-refractivity contribution is 5.94. The van der Waals surface area contributed by atoms with Gasteiger partial charge in [0.15, 0.2) is 0 Å². The number of nitrogens with zero attached hydrogens (tertiary/aromatic N) is 1. The summed E-state index contributed by atoms with van der Waals surface area (Å²) in [4.78, 5) is 26.0. The summed E-state index contributed by atoms with van der Waals surface area (Å²) in [5, 5.41) is 12.2. The Labute approximate surface area is 112 Å². The monoisotopic (exact) mass is 291 g/mol. The fourth-order valence-electron chi connectivity index (χ4n) is 1.22. The molecule has 0 spiro atoms. The lowest BCUT2D eigenvalue weighted by Crippen LogP contribution is -2.62. The van der Waals surface area contributed by atoms with Crippen molar-refractivity contribution in [3.63, 3.8) is 0 Å². The second-order valence-corrected chi connectivity index (χ2v) is 4.20. The van der Waals surface area contributed by atoms with Gasteiger partial charge < -0.3 is 15.7 Å². The number of halogens is 3.